The lowest BCUT2D eigenvalue weighted by Gasteiger charge is -2.16. The van der Waals surface area contributed by atoms with Crippen LogP contribution in [0.3, 0.4) is 0 Å². The summed E-state index contributed by atoms with van der Waals surface area (Å²) in [7, 11) is 0. The number of benzene rings is 4. The second-order valence-corrected chi connectivity index (χ2v) is 7.43. The fourth-order valence-electron chi connectivity index (χ4n) is 3.28. The van der Waals surface area contributed by atoms with Crippen molar-refractivity contribution in [2.75, 3.05) is 5.32 Å². The third-order valence-electron chi connectivity index (χ3n) is 4.90. The normalized spacial score (nSPS) is 10.9. The third-order valence-corrected chi connectivity index (χ3v) is 5.19. The van der Waals surface area contributed by atoms with E-state index in [0.717, 1.165) is 33.3 Å². The van der Waals surface area contributed by atoms with E-state index in [-0.39, 0.29) is 5.02 Å². The van der Waals surface area contributed by atoms with Crippen LogP contribution in [0.15, 0.2) is 78.9 Å². The summed E-state index contributed by atoms with van der Waals surface area (Å²) in [4.78, 5) is 0. The lowest BCUT2D eigenvalue weighted by molar-refractivity contribution is 0.304. The van der Waals surface area contributed by atoms with Crippen LogP contribution in [-0.4, -0.2) is 0 Å². The van der Waals surface area contributed by atoms with E-state index in [0.29, 0.717) is 13.2 Å². The minimum atomic E-state index is -0.426. The van der Waals surface area contributed by atoms with E-state index in [1.54, 1.807) is 12.1 Å². The first kappa shape index (κ1) is 19.3. The first-order valence-corrected chi connectivity index (χ1v) is 9.86. The number of aryl methyl sites for hydroxylation is 1. The summed E-state index contributed by atoms with van der Waals surface area (Å²) in [5.74, 6) is 0.398. The molecule has 1 N–H and O–H groups in total. The molecule has 0 bridgehead atoms. The Hall–Kier alpha value is -3.04. The Morgan fingerprint density at radius 2 is 1.72 bits per heavy atom. The van der Waals surface area contributed by atoms with Crippen molar-refractivity contribution in [3.8, 4) is 5.75 Å². The van der Waals surface area contributed by atoms with E-state index in [2.05, 4.69) is 54.7 Å². The SMILES string of the molecule is Cc1ccc(COc2ccc3ccccc3c2CNc2ccc(F)c(Cl)c2)cc1. The highest BCUT2D eigenvalue weighted by Crippen LogP contribution is 2.30. The Balaban J connectivity index is 1.61. The molecule has 29 heavy (non-hydrogen) atoms. The molecule has 0 aliphatic heterocycles. The van der Waals surface area contributed by atoms with Crippen molar-refractivity contribution in [1.82, 2.24) is 0 Å². The first-order chi connectivity index (χ1) is 14.1. The molecule has 0 fully saturated rings. The van der Waals surface area contributed by atoms with Crippen molar-refractivity contribution < 1.29 is 9.13 Å². The number of halogens is 2. The minimum Gasteiger partial charge on any atom is -0.489 e. The Labute approximate surface area is 174 Å². The van der Waals surface area contributed by atoms with E-state index in [4.69, 9.17) is 16.3 Å². The molecule has 0 unspecified atom stereocenters. The van der Waals surface area contributed by atoms with E-state index in [1.165, 1.54) is 11.6 Å². The second-order valence-electron chi connectivity index (χ2n) is 7.02. The van der Waals surface area contributed by atoms with Crippen LogP contribution in [0.25, 0.3) is 10.8 Å². The van der Waals surface area contributed by atoms with Gasteiger partial charge in [0.05, 0.1) is 5.02 Å². The van der Waals surface area contributed by atoms with E-state index in [9.17, 15) is 4.39 Å². The average molecular weight is 406 g/mol. The molecule has 0 amide bonds. The number of ether oxygens (including phenoxy) is 1. The van der Waals surface area contributed by atoms with Crippen molar-refractivity contribution in [3.63, 3.8) is 0 Å². The molecule has 0 aliphatic carbocycles. The van der Waals surface area contributed by atoms with Crippen molar-refractivity contribution in [2.24, 2.45) is 0 Å². The minimum absolute atomic E-state index is 0.101. The largest absolute Gasteiger partial charge is 0.489 e. The summed E-state index contributed by atoms with van der Waals surface area (Å²) >= 11 is 5.91. The Kier molecular flexibility index (Phi) is 5.68. The van der Waals surface area contributed by atoms with Gasteiger partial charge in [-0.1, -0.05) is 71.8 Å². The molecule has 0 saturated carbocycles. The molecule has 4 aromatic carbocycles. The number of hydrogen-bond donors (Lipinski definition) is 1. The predicted octanol–water partition coefficient (Wildman–Crippen LogP) is 7.13. The molecule has 0 saturated heterocycles. The van der Waals surface area contributed by atoms with Crippen LogP contribution in [0.5, 0.6) is 5.75 Å². The van der Waals surface area contributed by atoms with Crippen molar-refractivity contribution in [2.45, 2.75) is 20.1 Å². The van der Waals surface area contributed by atoms with Crippen molar-refractivity contribution in [1.29, 1.82) is 0 Å². The average Bonchev–Trinajstić information content (AvgIpc) is 2.74. The van der Waals surface area contributed by atoms with Gasteiger partial charge in [0.15, 0.2) is 0 Å². The summed E-state index contributed by atoms with van der Waals surface area (Å²) < 4.78 is 19.6. The molecular weight excluding hydrogens is 385 g/mol. The zero-order valence-electron chi connectivity index (χ0n) is 16.1. The quantitative estimate of drug-likeness (QED) is 0.368. The number of fused-ring (bicyclic) bond motifs is 1. The highest BCUT2D eigenvalue weighted by molar-refractivity contribution is 6.31. The number of hydrogen-bond acceptors (Lipinski definition) is 2. The van der Waals surface area contributed by atoms with Gasteiger partial charge in [-0.2, -0.15) is 0 Å². The summed E-state index contributed by atoms with van der Waals surface area (Å²) in [5.41, 5.74) is 4.15. The number of nitrogens with one attached hydrogen (secondary N) is 1. The van der Waals surface area contributed by atoms with Crippen LogP contribution < -0.4 is 10.1 Å². The summed E-state index contributed by atoms with van der Waals surface area (Å²) in [6.45, 7) is 3.10. The maximum atomic E-state index is 13.4. The van der Waals surface area contributed by atoms with Gasteiger partial charge >= 0.3 is 0 Å². The maximum Gasteiger partial charge on any atom is 0.141 e. The molecule has 0 spiro atoms. The molecule has 0 aromatic heterocycles. The van der Waals surface area contributed by atoms with E-state index >= 15 is 0 Å². The molecule has 4 aromatic rings. The van der Waals surface area contributed by atoms with E-state index in [1.807, 2.05) is 18.2 Å². The molecular formula is C25H21ClFNO. The summed E-state index contributed by atoms with van der Waals surface area (Å²) in [6, 6.07) is 25.2. The fourth-order valence-corrected chi connectivity index (χ4v) is 3.46. The number of anilines is 1. The topological polar surface area (TPSA) is 21.3 Å². The highest BCUT2D eigenvalue weighted by Gasteiger charge is 2.10. The summed E-state index contributed by atoms with van der Waals surface area (Å²) in [6.07, 6.45) is 0. The highest BCUT2D eigenvalue weighted by atomic mass is 35.5. The molecule has 0 radical (unpaired) electrons. The van der Waals surface area contributed by atoms with Gasteiger partial charge in [-0.15, -0.1) is 0 Å². The predicted molar refractivity (Wildman–Crippen MR) is 118 cm³/mol. The molecule has 0 aliphatic rings. The standard InChI is InChI=1S/C25H21ClFNO/c1-17-6-8-18(9-7-17)16-29-25-13-10-19-4-2-3-5-21(19)22(25)15-28-20-11-12-24(27)23(26)14-20/h2-14,28H,15-16H2,1H3. The Morgan fingerprint density at radius 1 is 0.931 bits per heavy atom. The molecule has 4 rings (SSSR count). The van der Waals surface area contributed by atoms with Gasteiger partial charge in [-0.3, -0.25) is 0 Å². The number of rotatable bonds is 6. The van der Waals surface area contributed by atoms with Crippen LogP contribution in [0, 0.1) is 12.7 Å². The van der Waals surface area contributed by atoms with E-state index < -0.39 is 5.82 Å². The van der Waals surface area contributed by atoms with Crippen LogP contribution in [0.4, 0.5) is 10.1 Å². The van der Waals surface area contributed by atoms with Gasteiger partial charge in [0.1, 0.15) is 18.2 Å². The molecule has 146 valence electrons. The van der Waals surface area contributed by atoms with Crippen LogP contribution in [0.2, 0.25) is 5.02 Å². The maximum absolute atomic E-state index is 13.4. The van der Waals surface area contributed by atoms with Gasteiger partial charge in [0.25, 0.3) is 0 Å². The zero-order chi connectivity index (χ0) is 20.2. The monoisotopic (exact) mass is 405 g/mol. The van der Waals surface area contributed by atoms with Gasteiger partial charge < -0.3 is 10.1 Å². The fraction of sp³-hybridized carbons (Fsp3) is 0.120. The summed E-state index contributed by atoms with van der Waals surface area (Å²) in [5, 5.41) is 5.70. The van der Waals surface area contributed by atoms with Crippen LogP contribution in [0.1, 0.15) is 16.7 Å². The van der Waals surface area contributed by atoms with Gasteiger partial charge in [0.2, 0.25) is 0 Å². The lowest BCUT2D eigenvalue weighted by Crippen LogP contribution is -2.05. The second kappa shape index (κ2) is 8.54. The molecule has 0 atom stereocenters. The lowest BCUT2D eigenvalue weighted by atomic mass is 10.0. The van der Waals surface area contributed by atoms with Crippen molar-refractivity contribution >= 4 is 28.1 Å². The van der Waals surface area contributed by atoms with Crippen LogP contribution in [-0.2, 0) is 13.2 Å². The Bertz CT molecular complexity index is 1140. The van der Waals surface area contributed by atoms with Gasteiger partial charge in [0, 0.05) is 17.8 Å². The molecule has 0 heterocycles. The molecule has 2 nitrogen and oxygen atoms in total. The Morgan fingerprint density at radius 3 is 2.52 bits per heavy atom. The zero-order valence-corrected chi connectivity index (χ0v) is 16.8. The van der Waals surface area contributed by atoms with Gasteiger partial charge in [-0.25, -0.2) is 4.39 Å². The van der Waals surface area contributed by atoms with Crippen molar-refractivity contribution in [3.05, 3.63) is 106 Å². The van der Waals surface area contributed by atoms with Crippen LogP contribution >= 0.6 is 11.6 Å². The molecule has 4 heteroatoms. The van der Waals surface area contributed by atoms with Gasteiger partial charge in [-0.05, 0) is 47.5 Å². The third kappa shape index (κ3) is 4.52. The smallest absolute Gasteiger partial charge is 0.141 e. The first-order valence-electron chi connectivity index (χ1n) is 9.48.